The monoisotopic (exact) mass is 455 g/mol. The molecule has 0 radical (unpaired) electrons. The SMILES string of the molecule is COc1ccc(Br)c(CNc2cc(C(=O)O)ccc2C)c1OCc1ccccc1. The van der Waals surface area contributed by atoms with Crippen LogP contribution in [0.3, 0.4) is 0 Å². The molecule has 150 valence electrons. The standard InChI is InChI=1S/C23H22BrNO4/c1-15-8-9-17(23(26)27)12-20(15)25-13-18-19(24)10-11-21(28-2)22(18)29-14-16-6-4-3-5-7-16/h3-12,25H,13-14H2,1-2H3,(H,26,27). The molecule has 6 heteroatoms. The summed E-state index contributed by atoms with van der Waals surface area (Å²) < 4.78 is 12.5. The number of aromatic carboxylic acids is 1. The molecular weight excluding hydrogens is 434 g/mol. The van der Waals surface area contributed by atoms with Crippen molar-refractivity contribution in [3.8, 4) is 11.5 Å². The predicted octanol–water partition coefficient (Wildman–Crippen LogP) is 5.66. The summed E-state index contributed by atoms with van der Waals surface area (Å²) in [4.78, 5) is 11.3. The van der Waals surface area contributed by atoms with Crippen molar-refractivity contribution in [1.82, 2.24) is 0 Å². The van der Waals surface area contributed by atoms with Gasteiger partial charge in [0.1, 0.15) is 6.61 Å². The minimum atomic E-state index is -0.956. The summed E-state index contributed by atoms with van der Waals surface area (Å²) in [5, 5.41) is 12.6. The van der Waals surface area contributed by atoms with Gasteiger partial charge < -0.3 is 19.9 Å². The van der Waals surface area contributed by atoms with E-state index in [4.69, 9.17) is 9.47 Å². The summed E-state index contributed by atoms with van der Waals surface area (Å²) in [6, 6.07) is 18.7. The molecule has 0 aliphatic carbocycles. The zero-order chi connectivity index (χ0) is 20.8. The number of anilines is 1. The van der Waals surface area contributed by atoms with Gasteiger partial charge in [-0.1, -0.05) is 52.3 Å². The number of carboxylic acid groups (broad SMARTS) is 1. The molecule has 0 aliphatic heterocycles. The zero-order valence-electron chi connectivity index (χ0n) is 16.2. The van der Waals surface area contributed by atoms with Gasteiger partial charge in [0.15, 0.2) is 11.5 Å². The van der Waals surface area contributed by atoms with E-state index >= 15 is 0 Å². The number of carboxylic acids is 1. The Morgan fingerprint density at radius 2 is 1.86 bits per heavy atom. The highest BCUT2D eigenvalue weighted by molar-refractivity contribution is 9.10. The van der Waals surface area contributed by atoms with E-state index in [2.05, 4.69) is 21.2 Å². The van der Waals surface area contributed by atoms with Crippen molar-refractivity contribution in [2.75, 3.05) is 12.4 Å². The van der Waals surface area contributed by atoms with Gasteiger partial charge in [-0.05, 0) is 42.3 Å². The van der Waals surface area contributed by atoms with Crippen LogP contribution in [0.2, 0.25) is 0 Å². The molecule has 29 heavy (non-hydrogen) atoms. The zero-order valence-corrected chi connectivity index (χ0v) is 17.8. The topological polar surface area (TPSA) is 67.8 Å². The molecule has 3 rings (SSSR count). The van der Waals surface area contributed by atoms with Gasteiger partial charge in [-0.3, -0.25) is 0 Å². The molecule has 0 spiro atoms. The van der Waals surface area contributed by atoms with Crippen LogP contribution >= 0.6 is 15.9 Å². The second-order valence-electron chi connectivity index (χ2n) is 6.52. The van der Waals surface area contributed by atoms with E-state index in [1.165, 1.54) is 0 Å². The minimum absolute atomic E-state index is 0.239. The summed E-state index contributed by atoms with van der Waals surface area (Å²) in [5.74, 6) is 0.324. The largest absolute Gasteiger partial charge is 0.493 e. The summed E-state index contributed by atoms with van der Waals surface area (Å²) in [6.07, 6.45) is 0. The first-order valence-electron chi connectivity index (χ1n) is 9.09. The molecule has 0 saturated carbocycles. The van der Waals surface area contributed by atoms with Crippen LogP contribution in [0.4, 0.5) is 5.69 Å². The van der Waals surface area contributed by atoms with Gasteiger partial charge in [0.25, 0.3) is 0 Å². The summed E-state index contributed by atoms with van der Waals surface area (Å²) in [5.41, 5.74) is 3.90. The molecular formula is C23H22BrNO4. The van der Waals surface area contributed by atoms with Gasteiger partial charge >= 0.3 is 5.97 Å². The highest BCUT2D eigenvalue weighted by Crippen LogP contribution is 2.37. The lowest BCUT2D eigenvalue weighted by Crippen LogP contribution is -2.08. The van der Waals surface area contributed by atoms with E-state index in [-0.39, 0.29) is 5.56 Å². The van der Waals surface area contributed by atoms with Crippen molar-refractivity contribution >= 4 is 27.6 Å². The summed E-state index contributed by atoms with van der Waals surface area (Å²) in [6.45, 7) is 2.78. The Kier molecular flexibility index (Phi) is 6.77. The smallest absolute Gasteiger partial charge is 0.335 e. The number of methoxy groups -OCH3 is 1. The molecule has 0 atom stereocenters. The first kappa shape index (κ1) is 20.7. The second kappa shape index (κ2) is 9.47. The maximum Gasteiger partial charge on any atom is 0.335 e. The number of ether oxygens (including phenoxy) is 2. The molecule has 0 bridgehead atoms. The number of benzene rings is 3. The number of nitrogens with one attached hydrogen (secondary N) is 1. The molecule has 0 amide bonds. The summed E-state index contributed by atoms with van der Waals surface area (Å²) in [7, 11) is 1.61. The van der Waals surface area contributed by atoms with Crippen molar-refractivity contribution in [2.24, 2.45) is 0 Å². The van der Waals surface area contributed by atoms with Gasteiger partial charge in [-0.25, -0.2) is 4.79 Å². The first-order valence-corrected chi connectivity index (χ1v) is 9.88. The van der Waals surface area contributed by atoms with Crippen LogP contribution < -0.4 is 14.8 Å². The van der Waals surface area contributed by atoms with Crippen LogP contribution in [-0.4, -0.2) is 18.2 Å². The lowest BCUT2D eigenvalue weighted by atomic mass is 10.1. The fourth-order valence-electron chi connectivity index (χ4n) is 2.92. The second-order valence-corrected chi connectivity index (χ2v) is 7.37. The third-order valence-electron chi connectivity index (χ3n) is 4.55. The molecule has 5 nitrogen and oxygen atoms in total. The first-order chi connectivity index (χ1) is 14.0. The molecule has 0 unspecified atom stereocenters. The Morgan fingerprint density at radius 3 is 2.55 bits per heavy atom. The molecule has 3 aromatic rings. The van der Waals surface area contributed by atoms with Crippen molar-refractivity contribution in [3.63, 3.8) is 0 Å². The highest BCUT2D eigenvalue weighted by atomic mass is 79.9. The number of hydrogen-bond donors (Lipinski definition) is 2. The molecule has 0 fully saturated rings. The number of rotatable bonds is 8. The third-order valence-corrected chi connectivity index (χ3v) is 5.30. The van der Waals surface area contributed by atoms with Gasteiger partial charge in [-0.15, -0.1) is 0 Å². The molecule has 3 aromatic carbocycles. The van der Waals surface area contributed by atoms with Gasteiger partial charge in [-0.2, -0.15) is 0 Å². The number of carbonyl (C=O) groups is 1. The van der Waals surface area contributed by atoms with Gasteiger partial charge in [0, 0.05) is 22.3 Å². The van der Waals surface area contributed by atoms with Crippen LogP contribution in [0.5, 0.6) is 11.5 Å². The van der Waals surface area contributed by atoms with Crippen molar-refractivity contribution < 1.29 is 19.4 Å². The van der Waals surface area contributed by atoms with E-state index in [0.29, 0.717) is 24.7 Å². The number of halogens is 1. The lowest BCUT2D eigenvalue weighted by molar-refractivity contribution is 0.0697. The van der Waals surface area contributed by atoms with Crippen LogP contribution in [0.15, 0.2) is 65.1 Å². The average Bonchev–Trinajstić information content (AvgIpc) is 2.73. The molecule has 0 aliphatic rings. The molecule has 2 N–H and O–H groups in total. The fraction of sp³-hybridized carbons (Fsp3) is 0.174. The van der Waals surface area contributed by atoms with Gasteiger partial charge in [0.05, 0.1) is 12.7 Å². The van der Waals surface area contributed by atoms with Crippen molar-refractivity contribution in [3.05, 3.63) is 87.4 Å². The van der Waals surface area contributed by atoms with E-state index < -0.39 is 5.97 Å². The van der Waals surface area contributed by atoms with E-state index in [1.807, 2.05) is 49.4 Å². The Hall–Kier alpha value is -2.99. The van der Waals surface area contributed by atoms with E-state index in [9.17, 15) is 9.90 Å². The minimum Gasteiger partial charge on any atom is -0.493 e. The van der Waals surface area contributed by atoms with Crippen molar-refractivity contribution in [2.45, 2.75) is 20.1 Å². The fourth-order valence-corrected chi connectivity index (χ4v) is 3.38. The average molecular weight is 456 g/mol. The van der Waals surface area contributed by atoms with E-state index in [0.717, 1.165) is 26.9 Å². The quantitative estimate of drug-likeness (QED) is 0.458. The number of hydrogen-bond acceptors (Lipinski definition) is 4. The van der Waals surface area contributed by atoms with Crippen LogP contribution in [-0.2, 0) is 13.2 Å². The van der Waals surface area contributed by atoms with Crippen LogP contribution in [0.25, 0.3) is 0 Å². The maximum atomic E-state index is 11.3. The Labute approximate surface area is 178 Å². The van der Waals surface area contributed by atoms with Gasteiger partial charge in [0.2, 0.25) is 0 Å². The Bertz CT molecular complexity index is 1010. The van der Waals surface area contributed by atoms with E-state index in [1.54, 1.807) is 25.3 Å². The maximum absolute atomic E-state index is 11.3. The lowest BCUT2D eigenvalue weighted by Gasteiger charge is -2.18. The Balaban J connectivity index is 1.86. The normalized spacial score (nSPS) is 10.4. The van der Waals surface area contributed by atoms with Crippen LogP contribution in [0.1, 0.15) is 27.0 Å². The Morgan fingerprint density at radius 1 is 1.10 bits per heavy atom. The molecule has 0 aromatic heterocycles. The third kappa shape index (κ3) is 5.09. The highest BCUT2D eigenvalue weighted by Gasteiger charge is 2.16. The van der Waals surface area contributed by atoms with Crippen LogP contribution in [0, 0.1) is 6.92 Å². The number of aryl methyl sites for hydroxylation is 1. The molecule has 0 saturated heterocycles. The van der Waals surface area contributed by atoms with Crippen molar-refractivity contribution in [1.29, 1.82) is 0 Å². The predicted molar refractivity (Wildman–Crippen MR) is 117 cm³/mol. The molecule has 0 heterocycles. The summed E-state index contributed by atoms with van der Waals surface area (Å²) >= 11 is 3.60.